The van der Waals surface area contributed by atoms with Gasteiger partial charge < -0.3 is 25.0 Å². The first kappa shape index (κ1) is 25.9. The molecule has 1 aliphatic carbocycles. The van der Waals surface area contributed by atoms with E-state index < -0.39 is 0 Å². The molecule has 1 saturated carbocycles. The summed E-state index contributed by atoms with van der Waals surface area (Å²) in [7, 11) is 4.12. The molecule has 2 rings (SSSR count). The lowest BCUT2D eigenvalue weighted by atomic mass is 9.94. The van der Waals surface area contributed by atoms with Crippen LogP contribution in [-0.4, -0.2) is 77.1 Å². The Hall–Kier alpha value is -0.120. The van der Waals surface area contributed by atoms with Crippen LogP contribution >= 0.6 is 24.0 Å². The molecule has 7 heteroatoms. The molecule has 2 N–H and O–H groups in total. The third-order valence-corrected chi connectivity index (χ3v) is 5.85. The SMILES string of the molecule is CN=C(NCCCOCC1CCOCC1)NCCCN(C)C1CCCCC1.I. The third kappa shape index (κ3) is 11.2. The number of guanidine groups is 1. The van der Waals surface area contributed by atoms with E-state index >= 15 is 0 Å². The van der Waals surface area contributed by atoms with Crippen molar-refractivity contribution in [3.8, 4) is 0 Å². The predicted octanol–water partition coefficient (Wildman–Crippen LogP) is 3.26. The van der Waals surface area contributed by atoms with Crippen LogP contribution in [0.5, 0.6) is 0 Å². The Morgan fingerprint density at radius 3 is 2.39 bits per heavy atom. The lowest BCUT2D eigenvalue weighted by molar-refractivity contribution is 0.0203. The molecule has 2 fully saturated rings. The average molecular weight is 511 g/mol. The smallest absolute Gasteiger partial charge is 0.190 e. The number of aliphatic imine (C=N–C) groups is 1. The molecule has 0 bridgehead atoms. The van der Waals surface area contributed by atoms with Gasteiger partial charge in [-0.25, -0.2) is 0 Å². The van der Waals surface area contributed by atoms with E-state index in [2.05, 4.69) is 27.6 Å². The Labute approximate surface area is 189 Å². The molecule has 2 aliphatic rings. The summed E-state index contributed by atoms with van der Waals surface area (Å²) < 4.78 is 11.2. The van der Waals surface area contributed by atoms with E-state index in [0.717, 1.165) is 83.7 Å². The second-order valence-electron chi connectivity index (χ2n) is 8.04. The minimum absolute atomic E-state index is 0. The highest BCUT2D eigenvalue weighted by molar-refractivity contribution is 14.0. The second kappa shape index (κ2) is 16.7. The first-order valence-electron chi connectivity index (χ1n) is 11.1. The van der Waals surface area contributed by atoms with E-state index in [1.165, 1.54) is 32.1 Å². The van der Waals surface area contributed by atoms with Crippen LogP contribution in [0.4, 0.5) is 0 Å². The van der Waals surface area contributed by atoms with Crippen molar-refractivity contribution < 1.29 is 9.47 Å². The van der Waals surface area contributed by atoms with Gasteiger partial charge >= 0.3 is 0 Å². The topological polar surface area (TPSA) is 58.1 Å². The summed E-state index contributed by atoms with van der Waals surface area (Å²) in [6.45, 7) is 6.52. The highest BCUT2D eigenvalue weighted by Gasteiger charge is 2.17. The lowest BCUT2D eigenvalue weighted by Crippen LogP contribution is -2.40. The van der Waals surface area contributed by atoms with Gasteiger partial charge in [0.05, 0.1) is 0 Å². The number of hydrogen-bond acceptors (Lipinski definition) is 4. The number of hydrogen-bond donors (Lipinski definition) is 2. The Bertz CT molecular complexity index is 400. The van der Waals surface area contributed by atoms with Gasteiger partial charge in [0.25, 0.3) is 0 Å². The largest absolute Gasteiger partial charge is 0.381 e. The van der Waals surface area contributed by atoms with Crippen molar-refractivity contribution in [3.05, 3.63) is 0 Å². The molecule has 166 valence electrons. The van der Waals surface area contributed by atoms with Gasteiger partial charge in [-0.05, 0) is 58.0 Å². The zero-order valence-corrected chi connectivity index (χ0v) is 20.4. The molecule has 1 saturated heterocycles. The van der Waals surface area contributed by atoms with Crippen LogP contribution in [0.1, 0.15) is 57.8 Å². The van der Waals surface area contributed by atoms with Crippen molar-refractivity contribution in [1.29, 1.82) is 0 Å². The fourth-order valence-corrected chi connectivity index (χ4v) is 4.00. The molecule has 6 nitrogen and oxygen atoms in total. The van der Waals surface area contributed by atoms with E-state index in [9.17, 15) is 0 Å². The van der Waals surface area contributed by atoms with Gasteiger partial charge in [0.1, 0.15) is 0 Å². The summed E-state index contributed by atoms with van der Waals surface area (Å²) in [6.07, 6.45) is 11.4. The zero-order chi connectivity index (χ0) is 19.2. The Morgan fingerprint density at radius 1 is 1.04 bits per heavy atom. The molecular formula is C21H43IN4O2. The summed E-state index contributed by atoms with van der Waals surface area (Å²) in [5, 5.41) is 6.81. The maximum atomic E-state index is 5.81. The van der Waals surface area contributed by atoms with Crippen LogP contribution in [0, 0.1) is 5.92 Å². The van der Waals surface area contributed by atoms with E-state index in [4.69, 9.17) is 9.47 Å². The van der Waals surface area contributed by atoms with Gasteiger partial charge in [0, 0.05) is 52.6 Å². The van der Waals surface area contributed by atoms with E-state index in [1.54, 1.807) is 0 Å². The van der Waals surface area contributed by atoms with Gasteiger partial charge in [-0.2, -0.15) is 0 Å². The summed E-state index contributed by atoms with van der Waals surface area (Å²) in [5.74, 6) is 1.59. The fourth-order valence-electron chi connectivity index (χ4n) is 4.00. The van der Waals surface area contributed by atoms with Crippen molar-refractivity contribution in [1.82, 2.24) is 15.5 Å². The van der Waals surface area contributed by atoms with Gasteiger partial charge in [-0.3, -0.25) is 4.99 Å². The van der Waals surface area contributed by atoms with Gasteiger partial charge in [0.2, 0.25) is 0 Å². The number of nitrogens with zero attached hydrogens (tertiary/aromatic N) is 2. The quantitative estimate of drug-likeness (QED) is 0.194. The molecule has 1 heterocycles. The van der Waals surface area contributed by atoms with Gasteiger partial charge in [-0.1, -0.05) is 19.3 Å². The van der Waals surface area contributed by atoms with Crippen molar-refractivity contribution in [3.63, 3.8) is 0 Å². The van der Waals surface area contributed by atoms with Crippen molar-refractivity contribution >= 4 is 29.9 Å². The van der Waals surface area contributed by atoms with Gasteiger partial charge in [-0.15, -0.1) is 24.0 Å². The molecule has 0 aromatic heterocycles. The first-order valence-corrected chi connectivity index (χ1v) is 11.1. The summed E-state index contributed by atoms with van der Waals surface area (Å²) >= 11 is 0. The molecule has 0 radical (unpaired) electrons. The molecule has 0 amide bonds. The number of halogens is 1. The molecule has 0 aromatic carbocycles. The third-order valence-electron chi connectivity index (χ3n) is 5.85. The number of nitrogens with one attached hydrogen (secondary N) is 2. The molecule has 0 aromatic rings. The fraction of sp³-hybridized carbons (Fsp3) is 0.952. The number of rotatable bonds is 11. The van der Waals surface area contributed by atoms with Crippen LogP contribution in [0.15, 0.2) is 4.99 Å². The highest BCUT2D eigenvalue weighted by Crippen LogP contribution is 2.21. The Balaban J connectivity index is 0.00000392. The predicted molar refractivity (Wildman–Crippen MR) is 128 cm³/mol. The summed E-state index contributed by atoms with van der Waals surface area (Å²) in [4.78, 5) is 6.86. The maximum Gasteiger partial charge on any atom is 0.190 e. The molecule has 28 heavy (non-hydrogen) atoms. The minimum atomic E-state index is 0. The van der Waals surface area contributed by atoms with Crippen LogP contribution in [0.3, 0.4) is 0 Å². The molecular weight excluding hydrogens is 467 g/mol. The number of ether oxygens (including phenoxy) is 2. The van der Waals surface area contributed by atoms with Crippen molar-refractivity contribution in [2.75, 3.05) is 60.2 Å². The van der Waals surface area contributed by atoms with Gasteiger partial charge in [0.15, 0.2) is 5.96 Å². The second-order valence-corrected chi connectivity index (χ2v) is 8.04. The monoisotopic (exact) mass is 510 g/mol. The summed E-state index contributed by atoms with van der Waals surface area (Å²) in [6, 6.07) is 0.803. The van der Waals surface area contributed by atoms with Crippen molar-refractivity contribution in [2.45, 2.75) is 63.8 Å². The maximum absolute atomic E-state index is 5.81. The molecule has 0 spiro atoms. The summed E-state index contributed by atoms with van der Waals surface area (Å²) in [5.41, 5.74) is 0. The van der Waals surface area contributed by atoms with E-state index in [-0.39, 0.29) is 24.0 Å². The standard InChI is InChI=1S/C21H42N4O2.HI/c1-22-21(23-12-6-14-25(2)20-8-4-3-5-9-20)24-13-7-15-27-18-19-10-16-26-17-11-19;/h19-20H,3-18H2,1-2H3,(H2,22,23,24);1H. The van der Waals surface area contributed by atoms with Crippen LogP contribution < -0.4 is 10.6 Å². The van der Waals surface area contributed by atoms with Crippen LogP contribution in [0.2, 0.25) is 0 Å². The van der Waals surface area contributed by atoms with E-state index in [0.29, 0.717) is 5.92 Å². The lowest BCUT2D eigenvalue weighted by Gasteiger charge is -2.31. The first-order chi connectivity index (χ1) is 13.3. The normalized spacial score (nSPS) is 19.5. The molecule has 0 unspecified atom stereocenters. The van der Waals surface area contributed by atoms with Crippen LogP contribution in [0.25, 0.3) is 0 Å². The molecule has 0 atom stereocenters. The minimum Gasteiger partial charge on any atom is -0.381 e. The molecule has 1 aliphatic heterocycles. The zero-order valence-electron chi connectivity index (χ0n) is 18.1. The van der Waals surface area contributed by atoms with Crippen LogP contribution in [-0.2, 0) is 9.47 Å². The highest BCUT2D eigenvalue weighted by atomic mass is 127. The Kier molecular flexibility index (Phi) is 15.4. The van der Waals surface area contributed by atoms with Crippen molar-refractivity contribution in [2.24, 2.45) is 10.9 Å². The van der Waals surface area contributed by atoms with E-state index in [1.807, 2.05) is 7.05 Å². The average Bonchev–Trinajstić information content (AvgIpc) is 2.73. The Morgan fingerprint density at radius 2 is 1.71 bits per heavy atom.